The second kappa shape index (κ2) is 4.46. The number of aromatic amines is 1. The van der Waals surface area contributed by atoms with Gasteiger partial charge in [0.05, 0.1) is 17.5 Å². The number of benzene rings is 2. The molecule has 112 valence electrons. The Morgan fingerprint density at radius 1 is 1.09 bits per heavy atom. The molecule has 2 aliphatic heterocycles. The lowest BCUT2D eigenvalue weighted by molar-refractivity contribution is -0.136. The molecule has 0 saturated heterocycles. The van der Waals surface area contributed by atoms with Crippen LogP contribution < -0.4 is 5.32 Å². The Hall–Kier alpha value is -3.08. The SMILES string of the molecule is O=C1OCC2=C1C(c1cccc3ccccc13)c1cn[nH]c1N2. The molecule has 0 amide bonds. The second-order valence-electron chi connectivity index (χ2n) is 5.80. The molecule has 3 heterocycles. The Morgan fingerprint density at radius 3 is 2.91 bits per heavy atom. The molecule has 5 rings (SSSR count). The summed E-state index contributed by atoms with van der Waals surface area (Å²) in [4.78, 5) is 12.3. The number of carbonyl (C=O) groups is 1. The van der Waals surface area contributed by atoms with Crippen LogP contribution in [0.15, 0.2) is 59.9 Å². The number of hydrogen-bond acceptors (Lipinski definition) is 4. The van der Waals surface area contributed by atoms with E-state index in [1.165, 1.54) is 0 Å². The van der Waals surface area contributed by atoms with Gasteiger partial charge >= 0.3 is 5.97 Å². The zero-order chi connectivity index (χ0) is 15.4. The number of esters is 1. The molecule has 5 nitrogen and oxygen atoms in total. The van der Waals surface area contributed by atoms with E-state index >= 15 is 0 Å². The highest BCUT2D eigenvalue weighted by atomic mass is 16.5. The number of carbonyl (C=O) groups excluding carboxylic acids is 1. The molecule has 0 fully saturated rings. The van der Waals surface area contributed by atoms with E-state index in [9.17, 15) is 4.79 Å². The Bertz CT molecular complexity index is 981. The topological polar surface area (TPSA) is 67.0 Å². The molecule has 2 aliphatic rings. The van der Waals surface area contributed by atoms with Gasteiger partial charge in [-0.3, -0.25) is 5.10 Å². The predicted molar refractivity (Wildman–Crippen MR) is 86.0 cm³/mol. The molecule has 0 spiro atoms. The van der Waals surface area contributed by atoms with Crippen molar-refractivity contribution < 1.29 is 9.53 Å². The number of anilines is 1. The van der Waals surface area contributed by atoms with Crippen LogP contribution in [0, 0.1) is 0 Å². The fourth-order valence-electron chi connectivity index (χ4n) is 3.56. The highest BCUT2D eigenvalue weighted by Gasteiger charge is 2.39. The molecule has 23 heavy (non-hydrogen) atoms. The van der Waals surface area contributed by atoms with Crippen LogP contribution in [-0.2, 0) is 9.53 Å². The molecule has 0 radical (unpaired) electrons. The van der Waals surface area contributed by atoms with Gasteiger partial charge in [0.15, 0.2) is 0 Å². The van der Waals surface area contributed by atoms with Gasteiger partial charge in [0, 0.05) is 11.5 Å². The van der Waals surface area contributed by atoms with Crippen LogP contribution in [0.25, 0.3) is 10.8 Å². The lowest BCUT2D eigenvalue weighted by atomic mass is 9.81. The van der Waals surface area contributed by atoms with Gasteiger partial charge in [-0.05, 0) is 16.3 Å². The lowest BCUT2D eigenvalue weighted by Crippen LogP contribution is -2.19. The van der Waals surface area contributed by atoms with Crippen LogP contribution in [-0.4, -0.2) is 22.8 Å². The summed E-state index contributed by atoms with van der Waals surface area (Å²) in [5, 5.41) is 12.6. The molecule has 0 bridgehead atoms. The highest BCUT2D eigenvalue weighted by Crippen LogP contribution is 2.45. The van der Waals surface area contributed by atoms with Crippen molar-refractivity contribution in [2.75, 3.05) is 11.9 Å². The van der Waals surface area contributed by atoms with E-state index in [-0.39, 0.29) is 18.5 Å². The third-order valence-corrected chi connectivity index (χ3v) is 4.57. The van der Waals surface area contributed by atoms with Gasteiger partial charge in [-0.2, -0.15) is 5.10 Å². The summed E-state index contributed by atoms with van der Waals surface area (Å²) < 4.78 is 5.25. The number of nitrogens with one attached hydrogen (secondary N) is 2. The lowest BCUT2D eigenvalue weighted by Gasteiger charge is -2.24. The molecule has 0 saturated carbocycles. The molecule has 3 aromatic rings. The molecular weight excluding hydrogens is 290 g/mol. The van der Waals surface area contributed by atoms with Crippen molar-refractivity contribution in [3.63, 3.8) is 0 Å². The van der Waals surface area contributed by atoms with Gasteiger partial charge in [-0.1, -0.05) is 42.5 Å². The zero-order valence-electron chi connectivity index (χ0n) is 12.2. The van der Waals surface area contributed by atoms with Crippen LogP contribution in [0.1, 0.15) is 17.0 Å². The smallest absolute Gasteiger partial charge is 0.337 e. The van der Waals surface area contributed by atoms with E-state index in [2.05, 4.69) is 39.8 Å². The zero-order valence-corrected chi connectivity index (χ0v) is 12.2. The van der Waals surface area contributed by atoms with Crippen molar-refractivity contribution in [2.45, 2.75) is 5.92 Å². The van der Waals surface area contributed by atoms with Gasteiger partial charge in [-0.25, -0.2) is 4.79 Å². The van der Waals surface area contributed by atoms with Gasteiger partial charge in [0.2, 0.25) is 0 Å². The van der Waals surface area contributed by atoms with Crippen LogP contribution in [0.4, 0.5) is 5.82 Å². The quantitative estimate of drug-likeness (QED) is 0.678. The van der Waals surface area contributed by atoms with Gasteiger partial charge in [-0.15, -0.1) is 0 Å². The number of aromatic nitrogens is 2. The van der Waals surface area contributed by atoms with Crippen molar-refractivity contribution in [3.05, 3.63) is 71.1 Å². The molecule has 1 atom stereocenters. The van der Waals surface area contributed by atoms with E-state index in [1.54, 1.807) is 6.20 Å². The van der Waals surface area contributed by atoms with E-state index in [4.69, 9.17) is 4.74 Å². The number of fused-ring (bicyclic) bond motifs is 2. The minimum Gasteiger partial charge on any atom is -0.456 e. The molecule has 2 aromatic carbocycles. The minimum atomic E-state index is -0.253. The number of ether oxygens (including phenoxy) is 1. The first kappa shape index (κ1) is 12.5. The summed E-state index contributed by atoms with van der Waals surface area (Å²) in [6, 6.07) is 14.4. The number of rotatable bonds is 1. The largest absolute Gasteiger partial charge is 0.456 e. The monoisotopic (exact) mass is 303 g/mol. The highest BCUT2D eigenvalue weighted by molar-refractivity contribution is 5.99. The standard InChI is InChI=1S/C18H13N3O2/c22-18-16-14(9-23-18)20-17-13(8-19-21-17)15(16)12-7-3-5-10-4-1-2-6-11(10)12/h1-8,15H,9H2,(H2,19,20,21). The molecule has 5 heteroatoms. The van der Waals surface area contributed by atoms with Crippen molar-refractivity contribution in [1.82, 2.24) is 10.2 Å². The maximum atomic E-state index is 12.3. The van der Waals surface area contributed by atoms with Crippen molar-refractivity contribution >= 4 is 22.6 Å². The first-order chi connectivity index (χ1) is 11.3. The fraction of sp³-hybridized carbons (Fsp3) is 0.111. The molecule has 1 aromatic heterocycles. The van der Waals surface area contributed by atoms with Gasteiger partial charge in [0.25, 0.3) is 0 Å². The predicted octanol–water partition coefficient (Wildman–Crippen LogP) is 2.93. The van der Waals surface area contributed by atoms with Gasteiger partial charge in [0.1, 0.15) is 12.4 Å². The second-order valence-corrected chi connectivity index (χ2v) is 5.80. The van der Waals surface area contributed by atoms with Crippen molar-refractivity contribution in [3.8, 4) is 0 Å². The van der Waals surface area contributed by atoms with E-state index < -0.39 is 0 Å². The van der Waals surface area contributed by atoms with Gasteiger partial charge < -0.3 is 10.1 Å². The molecule has 2 N–H and O–H groups in total. The average Bonchev–Trinajstić information content (AvgIpc) is 3.19. The van der Waals surface area contributed by atoms with Crippen molar-refractivity contribution in [1.29, 1.82) is 0 Å². The summed E-state index contributed by atoms with van der Waals surface area (Å²) in [5.74, 6) is 0.415. The Balaban J connectivity index is 1.82. The number of nitrogens with zero attached hydrogens (tertiary/aromatic N) is 1. The third kappa shape index (κ3) is 1.67. The molecule has 1 unspecified atom stereocenters. The summed E-state index contributed by atoms with van der Waals surface area (Å²) in [6.45, 7) is 0.286. The van der Waals surface area contributed by atoms with Crippen LogP contribution in [0.5, 0.6) is 0 Å². The summed E-state index contributed by atoms with van der Waals surface area (Å²) in [6.07, 6.45) is 1.78. The van der Waals surface area contributed by atoms with Crippen LogP contribution in [0.2, 0.25) is 0 Å². The molecular formula is C18H13N3O2. The normalized spacial score (nSPS) is 19.3. The summed E-state index contributed by atoms with van der Waals surface area (Å²) >= 11 is 0. The Labute approximate surface area is 132 Å². The number of cyclic esters (lactones) is 1. The first-order valence-electron chi connectivity index (χ1n) is 7.51. The number of H-pyrrole nitrogens is 1. The first-order valence-corrected chi connectivity index (χ1v) is 7.51. The molecule has 0 aliphatic carbocycles. The van der Waals surface area contributed by atoms with Crippen LogP contribution in [0.3, 0.4) is 0 Å². The summed E-state index contributed by atoms with van der Waals surface area (Å²) in [7, 11) is 0. The van der Waals surface area contributed by atoms with Crippen molar-refractivity contribution in [2.24, 2.45) is 0 Å². The summed E-state index contributed by atoms with van der Waals surface area (Å²) in [5.41, 5.74) is 3.58. The Kier molecular flexibility index (Phi) is 2.42. The maximum Gasteiger partial charge on any atom is 0.337 e. The maximum absolute atomic E-state index is 12.3. The fourth-order valence-corrected chi connectivity index (χ4v) is 3.56. The van der Waals surface area contributed by atoms with Crippen LogP contribution >= 0.6 is 0 Å². The van der Waals surface area contributed by atoms with E-state index in [0.717, 1.165) is 33.4 Å². The number of hydrogen-bond donors (Lipinski definition) is 2. The van der Waals surface area contributed by atoms with E-state index in [0.29, 0.717) is 5.57 Å². The van der Waals surface area contributed by atoms with E-state index in [1.807, 2.05) is 18.2 Å². The third-order valence-electron chi connectivity index (χ3n) is 4.57. The Morgan fingerprint density at radius 2 is 1.96 bits per heavy atom. The minimum absolute atomic E-state index is 0.166. The average molecular weight is 303 g/mol.